The van der Waals surface area contributed by atoms with Gasteiger partial charge < -0.3 is 20.9 Å². The summed E-state index contributed by atoms with van der Waals surface area (Å²) in [5, 5.41) is 0. The Labute approximate surface area is 290 Å². The van der Waals surface area contributed by atoms with E-state index in [1.165, 1.54) is 38.9 Å². The van der Waals surface area contributed by atoms with E-state index in [0.29, 0.717) is 11.4 Å². The van der Waals surface area contributed by atoms with Crippen LogP contribution in [0.5, 0.6) is 23.0 Å². The van der Waals surface area contributed by atoms with Gasteiger partial charge in [-0.05, 0) is 135 Å². The average molecular weight is 645 g/mol. The predicted octanol–water partition coefficient (Wildman–Crippen LogP) is 11.9. The monoisotopic (exact) mass is 644 g/mol. The van der Waals surface area contributed by atoms with Crippen molar-refractivity contribution in [3.8, 4) is 56.4 Å². The first kappa shape index (κ1) is 32.1. The molecule has 0 saturated heterocycles. The van der Waals surface area contributed by atoms with Crippen LogP contribution in [0.15, 0.2) is 121 Å². The van der Waals surface area contributed by atoms with Crippen LogP contribution in [0.4, 0.5) is 11.4 Å². The van der Waals surface area contributed by atoms with Gasteiger partial charge in [-0.2, -0.15) is 0 Å². The molecule has 4 heteroatoms. The maximum absolute atomic E-state index is 6.49. The van der Waals surface area contributed by atoms with Crippen molar-refractivity contribution in [2.45, 2.75) is 58.8 Å². The predicted molar refractivity (Wildman–Crippen MR) is 205 cm³/mol. The molecule has 6 aromatic carbocycles. The first-order valence-corrected chi connectivity index (χ1v) is 17.0. The number of rotatable bonds is 6. The summed E-state index contributed by atoms with van der Waals surface area (Å²) in [5.74, 6) is 3.22. The molecule has 6 aromatic rings. The molecular weight excluding hydrogens is 601 g/mol. The maximum Gasteiger partial charge on any atom is 0.131 e. The van der Waals surface area contributed by atoms with Crippen molar-refractivity contribution in [2.24, 2.45) is 0 Å². The molecular formula is C45H44N2O2. The minimum absolute atomic E-state index is 0.160. The Morgan fingerprint density at radius 2 is 0.980 bits per heavy atom. The van der Waals surface area contributed by atoms with Gasteiger partial charge in [-0.15, -0.1) is 0 Å². The minimum atomic E-state index is -0.166. The van der Waals surface area contributed by atoms with Crippen LogP contribution in [0.25, 0.3) is 33.4 Å². The quantitative estimate of drug-likeness (QED) is 0.177. The zero-order chi connectivity index (χ0) is 34.5. The summed E-state index contributed by atoms with van der Waals surface area (Å²) >= 11 is 0. The third-order valence-electron chi connectivity index (χ3n) is 9.38. The van der Waals surface area contributed by atoms with Crippen LogP contribution in [0.1, 0.15) is 63.8 Å². The standard InChI is InChI=1S/C45H44N2O2/c1-44(2,3)39-26-29(11-23-41(39)48-33-17-13-31(46)14-18-33)36-21-22-37-35-10-8-7-9-28(35)25-38(37)43(36)30-12-24-42(40(27-30)45(4,5)6)49-34-19-15-32(47)16-20-34/h7-24,26-27H,25,46-47H2,1-6H3. The molecule has 0 fully saturated rings. The molecule has 0 aliphatic heterocycles. The van der Waals surface area contributed by atoms with E-state index in [4.69, 9.17) is 20.9 Å². The fourth-order valence-electron chi connectivity index (χ4n) is 6.84. The normalized spacial score (nSPS) is 12.4. The highest BCUT2D eigenvalue weighted by atomic mass is 16.5. The van der Waals surface area contributed by atoms with Crippen molar-refractivity contribution in [3.05, 3.63) is 144 Å². The highest BCUT2D eigenvalue weighted by molar-refractivity contribution is 5.94. The number of nitrogens with two attached hydrogens (primary N) is 2. The SMILES string of the molecule is CC(C)(C)c1cc(-c2ccc3c(c2-c2ccc(Oc4ccc(N)cc4)c(C(C)(C)C)c2)Cc2ccccc2-3)ccc1Oc1ccc(N)cc1. The fraction of sp³-hybridized carbons (Fsp3) is 0.200. The van der Waals surface area contributed by atoms with E-state index in [1.54, 1.807) is 0 Å². The largest absolute Gasteiger partial charge is 0.457 e. The topological polar surface area (TPSA) is 70.5 Å². The van der Waals surface area contributed by atoms with Gasteiger partial charge in [0.15, 0.2) is 0 Å². The smallest absolute Gasteiger partial charge is 0.131 e. The van der Waals surface area contributed by atoms with Crippen molar-refractivity contribution in [1.82, 2.24) is 0 Å². The van der Waals surface area contributed by atoms with E-state index in [2.05, 4.69) is 114 Å². The first-order chi connectivity index (χ1) is 23.3. The van der Waals surface area contributed by atoms with Gasteiger partial charge in [0.1, 0.15) is 23.0 Å². The number of anilines is 2. The summed E-state index contributed by atoms with van der Waals surface area (Å²) in [5.41, 5.74) is 25.4. The Morgan fingerprint density at radius 1 is 0.490 bits per heavy atom. The second-order valence-electron chi connectivity index (χ2n) is 15.1. The van der Waals surface area contributed by atoms with Crippen molar-refractivity contribution in [3.63, 3.8) is 0 Å². The van der Waals surface area contributed by atoms with Crippen molar-refractivity contribution < 1.29 is 9.47 Å². The van der Waals surface area contributed by atoms with Crippen LogP contribution < -0.4 is 20.9 Å². The minimum Gasteiger partial charge on any atom is -0.457 e. The Balaban J connectivity index is 1.40. The summed E-state index contributed by atoms with van der Waals surface area (Å²) in [6.45, 7) is 13.4. The second kappa shape index (κ2) is 12.2. The van der Waals surface area contributed by atoms with E-state index in [-0.39, 0.29) is 10.8 Å². The highest BCUT2D eigenvalue weighted by Crippen LogP contribution is 2.49. The van der Waals surface area contributed by atoms with Crippen LogP contribution in [0, 0.1) is 0 Å². The van der Waals surface area contributed by atoms with Crippen molar-refractivity contribution in [1.29, 1.82) is 0 Å². The lowest BCUT2D eigenvalue weighted by Crippen LogP contribution is -2.13. The number of hydrogen-bond acceptors (Lipinski definition) is 4. The Hall–Kier alpha value is -5.48. The highest BCUT2D eigenvalue weighted by Gasteiger charge is 2.28. The van der Waals surface area contributed by atoms with Gasteiger partial charge in [0.25, 0.3) is 0 Å². The fourth-order valence-corrected chi connectivity index (χ4v) is 6.84. The molecule has 1 aliphatic carbocycles. The lowest BCUT2D eigenvalue weighted by atomic mass is 9.81. The molecule has 0 amide bonds. The Kier molecular flexibility index (Phi) is 7.99. The van der Waals surface area contributed by atoms with Crippen LogP contribution in [-0.2, 0) is 17.3 Å². The van der Waals surface area contributed by atoms with E-state index >= 15 is 0 Å². The molecule has 0 heterocycles. The summed E-state index contributed by atoms with van der Waals surface area (Å²) in [7, 11) is 0. The number of fused-ring (bicyclic) bond motifs is 3. The van der Waals surface area contributed by atoms with E-state index < -0.39 is 0 Å². The molecule has 0 saturated carbocycles. The number of benzene rings is 6. The second-order valence-corrected chi connectivity index (χ2v) is 15.1. The maximum atomic E-state index is 6.49. The van der Waals surface area contributed by atoms with Crippen molar-refractivity contribution in [2.75, 3.05) is 11.5 Å². The van der Waals surface area contributed by atoms with Gasteiger partial charge in [-0.3, -0.25) is 0 Å². The molecule has 246 valence electrons. The van der Waals surface area contributed by atoms with E-state index in [0.717, 1.165) is 46.1 Å². The molecule has 4 nitrogen and oxygen atoms in total. The zero-order valence-corrected chi connectivity index (χ0v) is 29.2. The third kappa shape index (κ3) is 6.39. The third-order valence-corrected chi connectivity index (χ3v) is 9.38. The number of nitrogen functional groups attached to an aromatic ring is 2. The number of ether oxygens (including phenoxy) is 2. The average Bonchev–Trinajstić information content (AvgIpc) is 3.45. The van der Waals surface area contributed by atoms with Gasteiger partial charge in [-0.1, -0.05) is 90.1 Å². The first-order valence-electron chi connectivity index (χ1n) is 17.0. The van der Waals surface area contributed by atoms with Crippen LogP contribution in [0.2, 0.25) is 0 Å². The Morgan fingerprint density at radius 3 is 1.53 bits per heavy atom. The molecule has 0 bridgehead atoms. The van der Waals surface area contributed by atoms with E-state index in [9.17, 15) is 0 Å². The van der Waals surface area contributed by atoms with Gasteiger partial charge in [0, 0.05) is 22.5 Å². The molecule has 4 N–H and O–H groups in total. The van der Waals surface area contributed by atoms with Gasteiger partial charge >= 0.3 is 0 Å². The lowest BCUT2D eigenvalue weighted by Gasteiger charge is -2.26. The summed E-state index contributed by atoms with van der Waals surface area (Å²) in [6.07, 6.45) is 0.883. The zero-order valence-electron chi connectivity index (χ0n) is 29.2. The number of hydrogen-bond donors (Lipinski definition) is 2. The van der Waals surface area contributed by atoms with Gasteiger partial charge in [0.05, 0.1) is 0 Å². The molecule has 49 heavy (non-hydrogen) atoms. The van der Waals surface area contributed by atoms with Gasteiger partial charge in [-0.25, -0.2) is 0 Å². The Bertz CT molecular complexity index is 2170. The molecule has 1 aliphatic rings. The van der Waals surface area contributed by atoms with Crippen LogP contribution in [-0.4, -0.2) is 0 Å². The van der Waals surface area contributed by atoms with Crippen LogP contribution in [0.3, 0.4) is 0 Å². The summed E-state index contributed by atoms with van der Waals surface area (Å²) in [4.78, 5) is 0. The molecule has 0 aromatic heterocycles. The molecule has 0 radical (unpaired) electrons. The van der Waals surface area contributed by atoms with Gasteiger partial charge in [0.2, 0.25) is 0 Å². The summed E-state index contributed by atoms with van der Waals surface area (Å²) < 4.78 is 12.9. The van der Waals surface area contributed by atoms with Crippen LogP contribution >= 0.6 is 0 Å². The molecule has 0 unspecified atom stereocenters. The van der Waals surface area contributed by atoms with E-state index in [1.807, 2.05) is 48.5 Å². The lowest BCUT2D eigenvalue weighted by molar-refractivity contribution is 0.455. The molecule has 0 atom stereocenters. The molecule has 7 rings (SSSR count). The van der Waals surface area contributed by atoms with Crippen molar-refractivity contribution >= 4 is 11.4 Å². The molecule has 0 spiro atoms. The summed E-state index contributed by atoms with van der Waals surface area (Å²) in [6, 6.07) is 41.8.